The highest BCUT2D eigenvalue weighted by Gasteiger charge is 2.32. The van der Waals surface area contributed by atoms with Crippen LogP contribution < -0.4 is 10.4 Å². The zero-order valence-corrected chi connectivity index (χ0v) is 24.5. The van der Waals surface area contributed by atoms with Gasteiger partial charge in [0, 0.05) is 37.7 Å². The summed E-state index contributed by atoms with van der Waals surface area (Å²) < 4.78 is 35.7. The highest BCUT2D eigenvalue weighted by molar-refractivity contribution is 5.97. The van der Waals surface area contributed by atoms with Crippen molar-refractivity contribution in [3.05, 3.63) is 52.6 Å². The minimum atomic E-state index is -0.677. The van der Waals surface area contributed by atoms with Crippen LogP contribution in [0.1, 0.15) is 94.1 Å². The molecule has 1 fully saturated rings. The maximum absolute atomic E-state index is 15.3. The molecule has 2 aliphatic heterocycles. The van der Waals surface area contributed by atoms with Gasteiger partial charge in [0.1, 0.15) is 11.6 Å². The van der Waals surface area contributed by atoms with Crippen molar-refractivity contribution in [2.75, 3.05) is 24.7 Å². The first-order chi connectivity index (χ1) is 19.0. The molecule has 0 aliphatic carbocycles. The lowest BCUT2D eigenvalue weighted by molar-refractivity contribution is 0.0650. The molecule has 2 aromatic rings. The Hall–Kier alpha value is -3.00. The van der Waals surface area contributed by atoms with Crippen LogP contribution in [-0.2, 0) is 11.3 Å². The smallest absolute Gasteiger partial charge is 0.409 e. The molecule has 0 aromatic heterocycles. The Labute approximate surface area is 237 Å². The molecule has 4 rings (SSSR count). The molecule has 218 valence electrons. The molecule has 0 saturated carbocycles. The van der Waals surface area contributed by atoms with Gasteiger partial charge in [0.15, 0.2) is 5.78 Å². The number of benzene rings is 2. The summed E-state index contributed by atoms with van der Waals surface area (Å²) in [6.07, 6.45) is 5.23. The first-order valence-corrected chi connectivity index (χ1v) is 14.6. The average molecular weight is 556 g/mol. The van der Waals surface area contributed by atoms with Gasteiger partial charge in [-0.05, 0) is 72.6 Å². The van der Waals surface area contributed by atoms with Crippen LogP contribution >= 0.6 is 0 Å². The van der Waals surface area contributed by atoms with E-state index in [9.17, 15) is 9.59 Å². The van der Waals surface area contributed by atoms with Crippen molar-refractivity contribution in [1.82, 2.24) is 10.3 Å². The van der Waals surface area contributed by atoms with E-state index in [2.05, 4.69) is 17.4 Å². The van der Waals surface area contributed by atoms with E-state index in [1.807, 2.05) is 39.8 Å². The third kappa shape index (κ3) is 7.00. The van der Waals surface area contributed by atoms with Crippen molar-refractivity contribution in [3.8, 4) is 11.1 Å². The van der Waals surface area contributed by atoms with E-state index in [0.717, 1.165) is 61.1 Å². The lowest BCUT2D eigenvalue weighted by Crippen LogP contribution is -2.50. The number of aryl methyl sites for hydroxylation is 1. The number of unbranched alkanes of at least 4 members (excludes halogenated alkanes) is 3. The number of Topliss-reactive ketones (excluding diaryl/α,β-unsaturated/α-hetero) is 1. The number of hydrogen-bond acceptors (Lipinski definition) is 5. The van der Waals surface area contributed by atoms with Crippen molar-refractivity contribution in [2.45, 2.75) is 92.2 Å². The number of piperidine rings is 1. The number of fused-ring (bicyclic) bond motifs is 1. The number of ketones is 1. The second kappa shape index (κ2) is 12.7. The third-order valence-electron chi connectivity index (χ3n) is 7.75. The van der Waals surface area contributed by atoms with Crippen molar-refractivity contribution in [2.24, 2.45) is 5.41 Å². The van der Waals surface area contributed by atoms with Gasteiger partial charge in [-0.25, -0.2) is 19.0 Å². The molecule has 0 bridgehead atoms. The SMILES string of the molecule is CCCCCCC(=O)c1cc(F)c(-c2cc3c(cc2C)N(C2CCN(C(=O)OCC(C)(C)C)CC2)NC3)cc1F. The molecule has 0 radical (unpaired) electrons. The van der Waals surface area contributed by atoms with Gasteiger partial charge in [-0.15, -0.1) is 0 Å². The molecule has 1 saturated heterocycles. The van der Waals surface area contributed by atoms with E-state index in [-0.39, 0.29) is 40.9 Å². The highest BCUT2D eigenvalue weighted by Crippen LogP contribution is 2.37. The van der Waals surface area contributed by atoms with Gasteiger partial charge < -0.3 is 14.6 Å². The fourth-order valence-electron chi connectivity index (χ4n) is 5.46. The Morgan fingerprint density at radius 3 is 2.40 bits per heavy atom. The van der Waals surface area contributed by atoms with Crippen LogP contribution in [0.4, 0.5) is 19.3 Å². The Balaban J connectivity index is 1.44. The largest absolute Gasteiger partial charge is 0.449 e. The number of rotatable bonds is 9. The van der Waals surface area contributed by atoms with E-state index in [0.29, 0.717) is 38.2 Å². The Morgan fingerprint density at radius 1 is 1.00 bits per heavy atom. The normalized spacial score (nSPS) is 15.9. The number of anilines is 1. The second-order valence-electron chi connectivity index (χ2n) is 12.4. The van der Waals surface area contributed by atoms with E-state index in [1.54, 1.807) is 4.90 Å². The number of ether oxygens (including phenoxy) is 1. The molecule has 40 heavy (non-hydrogen) atoms. The number of carbonyl (C=O) groups is 2. The minimum Gasteiger partial charge on any atom is -0.449 e. The summed E-state index contributed by atoms with van der Waals surface area (Å²) in [5.41, 5.74) is 6.85. The van der Waals surface area contributed by atoms with Gasteiger partial charge in [0.05, 0.1) is 17.9 Å². The number of likely N-dealkylation sites (tertiary alicyclic amines) is 1. The van der Waals surface area contributed by atoms with E-state index in [4.69, 9.17) is 4.74 Å². The number of hydrogen-bond donors (Lipinski definition) is 1. The fourth-order valence-corrected chi connectivity index (χ4v) is 5.46. The van der Waals surface area contributed by atoms with Gasteiger partial charge in [0.25, 0.3) is 0 Å². The lowest BCUT2D eigenvalue weighted by Gasteiger charge is -2.37. The standard InChI is InChI=1S/C32H43F2N3O3/c1-6-7-8-9-10-30(38)26-18-27(33)25(17-28(26)34)24-16-22-19-35-37(29(22)15-21(24)2)23-11-13-36(14-12-23)31(39)40-20-32(3,4)5/h15-18,23,35H,6-14,19-20H2,1-5H3. The number of halogens is 2. The molecule has 2 aromatic carbocycles. The highest BCUT2D eigenvalue weighted by atomic mass is 19.1. The van der Waals surface area contributed by atoms with Crippen LogP contribution in [-0.4, -0.2) is 42.5 Å². The monoisotopic (exact) mass is 555 g/mol. The molecule has 0 unspecified atom stereocenters. The molecule has 0 atom stereocenters. The van der Waals surface area contributed by atoms with Crippen LogP contribution in [0.3, 0.4) is 0 Å². The second-order valence-corrected chi connectivity index (χ2v) is 12.4. The summed E-state index contributed by atoms with van der Waals surface area (Å²) in [6.45, 7) is 12.3. The zero-order valence-electron chi connectivity index (χ0n) is 24.5. The average Bonchev–Trinajstić information content (AvgIpc) is 3.32. The molecular formula is C32H43F2N3O3. The molecule has 1 amide bonds. The van der Waals surface area contributed by atoms with E-state index in [1.165, 1.54) is 0 Å². The Bertz CT molecular complexity index is 1230. The number of carbonyl (C=O) groups excluding carboxylic acids is 2. The topological polar surface area (TPSA) is 61.9 Å². The molecule has 2 aliphatic rings. The van der Waals surface area contributed by atoms with Crippen LogP contribution in [0.2, 0.25) is 0 Å². The molecule has 2 heterocycles. The summed E-state index contributed by atoms with van der Waals surface area (Å²) in [6, 6.07) is 6.36. The van der Waals surface area contributed by atoms with Crippen molar-refractivity contribution >= 4 is 17.6 Å². The van der Waals surface area contributed by atoms with Gasteiger partial charge in [0.2, 0.25) is 0 Å². The van der Waals surface area contributed by atoms with Crippen molar-refractivity contribution in [1.29, 1.82) is 0 Å². The van der Waals surface area contributed by atoms with Gasteiger partial charge in [-0.2, -0.15) is 0 Å². The predicted molar refractivity (Wildman–Crippen MR) is 154 cm³/mol. The van der Waals surface area contributed by atoms with Crippen molar-refractivity contribution < 1.29 is 23.1 Å². The van der Waals surface area contributed by atoms with Crippen LogP contribution in [0.15, 0.2) is 24.3 Å². The number of nitrogens with one attached hydrogen (secondary N) is 1. The first-order valence-electron chi connectivity index (χ1n) is 14.6. The summed E-state index contributed by atoms with van der Waals surface area (Å²) in [7, 11) is 0. The number of nitrogens with zero attached hydrogens (tertiary/aromatic N) is 2. The minimum absolute atomic E-state index is 0.0735. The lowest BCUT2D eigenvalue weighted by atomic mass is 9.94. The van der Waals surface area contributed by atoms with E-state index < -0.39 is 11.6 Å². The molecule has 8 heteroatoms. The Morgan fingerprint density at radius 2 is 1.73 bits per heavy atom. The fraction of sp³-hybridized carbons (Fsp3) is 0.562. The number of amides is 1. The summed E-state index contributed by atoms with van der Waals surface area (Å²) in [5.74, 6) is -1.61. The maximum atomic E-state index is 15.3. The summed E-state index contributed by atoms with van der Waals surface area (Å²) in [4.78, 5) is 26.8. The van der Waals surface area contributed by atoms with Crippen LogP contribution in [0.5, 0.6) is 0 Å². The molecule has 6 nitrogen and oxygen atoms in total. The van der Waals surface area contributed by atoms with E-state index >= 15 is 8.78 Å². The van der Waals surface area contributed by atoms with Gasteiger partial charge in [-0.1, -0.05) is 47.0 Å². The van der Waals surface area contributed by atoms with Crippen LogP contribution in [0.25, 0.3) is 11.1 Å². The first kappa shape index (κ1) is 30.0. The van der Waals surface area contributed by atoms with Crippen molar-refractivity contribution in [3.63, 3.8) is 0 Å². The quantitative estimate of drug-likeness (QED) is 0.256. The number of hydrazine groups is 1. The van der Waals surface area contributed by atoms with Gasteiger partial charge in [-0.3, -0.25) is 4.79 Å². The third-order valence-corrected chi connectivity index (χ3v) is 7.75. The van der Waals surface area contributed by atoms with Gasteiger partial charge >= 0.3 is 6.09 Å². The van der Waals surface area contributed by atoms with Crippen LogP contribution in [0, 0.1) is 24.0 Å². The Kier molecular flexibility index (Phi) is 9.49. The molecule has 1 N–H and O–H groups in total. The maximum Gasteiger partial charge on any atom is 0.409 e. The summed E-state index contributed by atoms with van der Waals surface area (Å²) in [5, 5.41) is 2.15. The molecule has 0 spiro atoms. The molecular weight excluding hydrogens is 512 g/mol. The predicted octanol–water partition coefficient (Wildman–Crippen LogP) is 7.57. The summed E-state index contributed by atoms with van der Waals surface area (Å²) >= 11 is 0. The zero-order chi connectivity index (χ0) is 29.0.